The summed E-state index contributed by atoms with van der Waals surface area (Å²) in [5, 5.41) is 10.8. The largest absolute Gasteiger partial charge is 0.465 e. The fraction of sp³-hybridized carbons (Fsp3) is 0.773. The van der Waals surface area contributed by atoms with Gasteiger partial charge in [0.25, 0.3) is 0 Å². The van der Waals surface area contributed by atoms with Crippen LogP contribution in [0.3, 0.4) is 0 Å². The van der Waals surface area contributed by atoms with E-state index in [9.17, 15) is 9.90 Å². The van der Waals surface area contributed by atoms with Gasteiger partial charge < -0.3 is 9.84 Å². The van der Waals surface area contributed by atoms with E-state index in [1.54, 1.807) is 5.57 Å². The molecule has 0 aromatic carbocycles. The van der Waals surface area contributed by atoms with Crippen LogP contribution in [0.2, 0.25) is 0 Å². The molecule has 6 atom stereocenters. The summed E-state index contributed by atoms with van der Waals surface area (Å²) < 4.78 is 5.40. The third-order valence-corrected chi connectivity index (χ3v) is 7.86. The zero-order chi connectivity index (χ0) is 18.5. The van der Waals surface area contributed by atoms with E-state index < -0.39 is 6.10 Å². The molecule has 2 fully saturated rings. The lowest BCUT2D eigenvalue weighted by atomic mass is 9.45. The molecule has 3 aliphatic rings. The number of ether oxygens (including phenoxy) is 1. The molecule has 3 rings (SSSR count). The first kappa shape index (κ1) is 18.7. The molecule has 0 aromatic heterocycles. The van der Waals surface area contributed by atoms with Gasteiger partial charge in [-0.1, -0.05) is 38.5 Å². The summed E-state index contributed by atoms with van der Waals surface area (Å²) in [5.41, 5.74) is 1.64. The minimum atomic E-state index is -0.401. The third-order valence-electron chi connectivity index (χ3n) is 7.86. The van der Waals surface area contributed by atoms with Crippen molar-refractivity contribution in [3.05, 3.63) is 24.3 Å². The van der Waals surface area contributed by atoms with Gasteiger partial charge in [-0.2, -0.15) is 0 Å². The lowest BCUT2D eigenvalue weighted by molar-refractivity contribution is -0.170. The molecule has 0 aromatic rings. The van der Waals surface area contributed by atoms with Crippen molar-refractivity contribution in [2.24, 2.45) is 28.1 Å². The summed E-state index contributed by atoms with van der Waals surface area (Å²) in [7, 11) is 0. The minimum Gasteiger partial charge on any atom is -0.465 e. The first-order chi connectivity index (χ1) is 11.6. The molecule has 25 heavy (non-hydrogen) atoms. The van der Waals surface area contributed by atoms with E-state index >= 15 is 0 Å². The van der Waals surface area contributed by atoms with E-state index in [0.717, 1.165) is 25.7 Å². The normalized spacial score (nSPS) is 46.4. The predicted octanol–water partition coefficient (Wildman–Crippen LogP) is 4.66. The van der Waals surface area contributed by atoms with E-state index in [4.69, 9.17) is 4.74 Å². The fourth-order valence-corrected chi connectivity index (χ4v) is 6.10. The van der Waals surface area contributed by atoms with Gasteiger partial charge in [0.2, 0.25) is 0 Å². The van der Waals surface area contributed by atoms with Crippen LogP contribution in [0.5, 0.6) is 0 Å². The van der Waals surface area contributed by atoms with Crippen LogP contribution in [-0.4, -0.2) is 23.8 Å². The van der Waals surface area contributed by atoms with Crippen molar-refractivity contribution in [2.75, 3.05) is 6.61 Å². The van der Waals surface area contributed by atoms with Crippen LogP contribution in [0.4, 0.5) is 0 Å². The van der Waals surface area contributed by atoms with Crippen LogP contribution in [0.25, 0.3) is 0 Å². The third kappa shape index (κ3) is 2.99. The number of fused-ring (bicyclic) bond motifs is 3. The van der Waals surface area contributed by atoms with Gasteiger partial charge >= 0.3 is 5.97 Å². The molecule has 3 nitrogen and oxygen atoms in total. The molecule has 140 valence electrons. The first-order valence-electron chi connectivity index (χ1n) is 9.78. The topological polar surface area (TPSA) is 46.5 Å². The van der Waals surface area contributed by atoms with E-state index in [0.29, 0.717) is 18.4 Å². The molecule has 0 bridgehead atoms. The first-order valence-corrected chi connectivity index (χ1v) is 9.78. The zero-order valence-electron chi connectivity index (χ0n) is 16.3. The SMILES string of the molecule is C=CC1(C)CCC2C(=CCC3C(C)(COC(C)=O)C(O)CCC23C)C1. The molecule has 2 saturated carbocycles. The highest BCUT2D eigenvalue weighted by atomic mass is 16.5. The minimum absolute atomic E-state index is 0.181. The second kappa shape index (κ2) is 6.26. The Kier molecular flexibility index (Phi) is 4.68. The van der Waals surface area contributed by atoms with Gasteiger partial charge in [-0.05, 0) is 61.2 Å². The van der Waals surface area contributed by atoms with Crippen molar-refractivity contribution in [3.8, 4) is 0 Å². The van der Waals surface area contributed by atoms with Gasteiger partial charge in [0.1, 0.15) is 0 Å². The van der Waals surface area contributed by atoms with Crippen LogP contribution in [-0.2, 0) is 9.53 Å². The molecule has 1 N–H and O–H groups in total. The quantitative estimate of drug-likeness (QED) is 0.597. The zero-order valence-corrected chi connectivity index (χ0v) is 16.3. The van der Waals surface area contributed by atoms with Crippen LogP contribution < -0.4 is 0 Å². The van der Waals surface area contributed by atoms with Crippen molar-refractivity contribution in [1.29, 1.82) is 0 Å². The standard InChI is InChI=1S/C22H34O3/c1-6-20(3)11-9-17-16(13-20)7-8-18-21(17,4)12-10-19(24)22(18,5)14-25-15(2)23/h6-7,17-19,24H,1,8-14H2,2-5H3. The predicted molar refractivity (Wildman–Crippen MR) is 99.9 cm³/mol. The van der Waals surface area contributed by atoms with Gasteiger partial charge in [-0.25, -0.2) is 0 Å². The Hall–Kier alpha value is -1.09. The number of carbonyl (C=O) groups excluding carboxylic acids is 1. The number of rotatable bonds is 3. The van der Waals surface area contributed by atoms with Crippen molar-refractivity contribution in [2.45, 2.75) is 72.3 Å². The highest BCUT2D eigenvalue weighted by Crippen LogP contribution is 2.63. The van der Waals surface area contributed by atoms with Crippen molar-refractivity contribution >= 4 is 5.97 Å². The molecule has 0 saturated heterocycles. The average molecular weight is 347 g/mol. The average Bonchev–Trinajstić information content (AvgIpc) is 2.57. The molecule has 3 heteroatoms. The number of hydrogen-bond donors (Lipinski definition) is 1. The molecule has 6 unspecified atom stereocenters. The van der Waals surface area contributed by atoms with Gasteiger partial charge in [-0.15, -0.1) is 6.58 Å². The molecular weight excluding hydrogens is 312 g/mol. The highest BCUT2D eigenvalue weighted by Gasteiger charge is 2.58. The van der Waals surface area contributed by atoms with Gasteiger partial charge in [0, 0.05) is 12.3 Å². The molecule has 0 radical (unpaired) electrons. The van der Waals surface area contributed by atoms with Crippen LogP contribution in [0.15, 0.2) is 24.3 Å². The van der Waals surface area contributed by atoms with Crippen molar-refractivity contribution in [3.63, 3.8) is 0 Å². The van der Waals surface area contributed by atoms with Gasteiger partial charge in [0.15, 0.2) is 0 Å². The van der Waals surface area contributed by atoms with Crippen LogP contribution in [0.1, 0.15) is 66.2 Å². The Morgan fingerprint density at radius 1 is 1.36 bits per heavy atom. The van der Waals surface area contributed by atoms with Crippen LogP contribution >= 0.6 is 0 Å². The summed E-state index contributed by atoms with van der Waals surface area (Å²) in [5.74, 6) is 0.681. The molecular formula is C22H34O3. The van der Waals surface area contributed by atoms with Crippen molar-refractivity contribution in [1.82, 2.24) is 0 Å². The lowest BCUT2D eigenvalue weighted by Gasteiger charge is -2.60. The molecule has 0 aliphatic heterocycles. The highest BCUT2D eigenvalue weighted by molar-refractivity contribution is 5.65. The molecule has 0 amide bonds. The maximum atomic E-state index is 11.4. The smallest absolute Gasteiger partial charge is 0.302 e. The number of carbonyl (C=O) groups is 1. The number of allylic oxidation sites excluding steroid dienone is 3. The lowest BCUT2D eigenvalue weighted by Crippen LogP contribution is -2.58. The second-order valence-electron chi connectivity index (χ2n) is 9.54. The fourth-order valence-electron chi connectivity index (χ4n) is 6.10. The Bertz CT molecular complexity index is 594. The number of esters is 1. The van der Waals surface area contributed by atoms with E-state index in [1.165, 1.54) is 19.8 Å². The van der Waals surface area contributed by atoms with Crippen molar-refractivity contribution < 1.29 is 14.6 Å². The van der Waals surface area contributed by atoms with E-state index in [1.807, 2.05) is 0 Å². The maximum Gasteiger partial charge on any atom is 0.302 e. The summed E-state index contributed by atoms with van der Waals surface area (Å²) in [6.45, 7) is 12.7. The summed E-state index contributed by atoms with van der Waals surface area (Å²) in [4.78, 5) is 11.4. The van der Waals surface area contributed by atoms with Gasteiger partial charge in [-0.3, -0.25) is 4.79 Å². The monoisotopic (exact) mass is 346 g/mol. The molecule has 3 aliphatic carbocycles. The number of aliphatic hydroxyl groups is 1. The Labute approximate surface area is 152 Å². The van der Waals surface area contributed by atoms with E-state index in [2.05, 4.69) is 39.5 Å². The van der Waals surface area contributed by atoms with Crippen LogP contribution in [0, 0.1) is 28.1 Å². The van der Waals surface area contributed by atoms with E-state index in [-0.39, 0.29) is 22.2 Å². The maximum absolute atomic E-state index is 11.4. The Morgan fingerprint density at radius 3 is 2.72 bits per heavy atom. The summed E-state index contributed by atoms with van der Waals surface area (Å²) in [6.07, 6.45) is 10.5. The van der Waals surface area contributed by atoms with Gasteiger partial charge in [0.05, 0.1) is 12.7 Å². The Morgan fingerprint density at radius 2 is 2.08 bits per heavy atom. The second-order valence-corrected chi connectivity index (χ2v) is 9.54. The number of aliphatic hydroxyl groups excluding tert-OH is 1. The summed E-state index contributed by atoms with van der Waals surface area (Å²) in [6, 6.07) is 0. The number of hydrogen-bond acceptors (Lipinski definition) is 3. The molecule has 0 spiro atoms. The summed E-state index contributed by atoms with van der Waals surface area (Å²) >= 11 is 0. The Balaban J connectivity index is 1.92. The molecule has 0 heterocycles.